The van der Waals surface area contributed by atoms with E-state index in [-0.39, 0.29) is 12.3 Å². The van der Waals surface area contributed by atoms with E-state index < -0.39 is 66.9 Å². The molecule has 0 radical (unpaired) electrons. The second-order valence-corrected chi connectivity index (χ2v) is 7.50. The van der Waals surface area contributed by atoms with Crippen molar-refractivity contribution >= 4 is 29.7 Å². The van der Waals surface area contributed by atoms with Gasteiger partial charge in [-0.15, -0.1) is 0 Å². The maximum atomic E-state index is 12.5. The van der Waals surface area contributed by atoms with E-state index in [1.165, 1.54) is 0 Å². The molecule has 5 unspecified atom stereocenters. The van der Waals surface area contributed by atoms with Crippen LogP contribution in [0.1, 0.15) is 46.0 Å². The number of amides is 3. The first-order valence-electron chi connectivity index (χ1n) is 10.4. The summed E-state index contributed by atoms with van der Waals surface area (Å²) in [5.41, 5.74) is 11.2. The predicted molar refractivity (Wildman–Crippen MR) is 113 cm³/mol. The molecule has 0 rings (SSSR count). The van der Waals surface area contributed by atoms with Gasteiger partial charge in [0.2, 0.25) is 17.7 Å². The quantitative estimate of drug-likeness (QED) is 0.112. The fraction of sp³-hybridized carbons (Fsp3) is 0.737. The van der Waals surface area contributed by atoms with Gasteiger partial charge in [0.05, 0.1) is 19.1 Å². The number of aliphatic carboxylic acids is 2. The SMILES string of the molecule is CCC(C)C(N)C(=O)NC(CC(=O)O)C(=O)NC(CO)C(=O)NC(CCCCN)C(=O)O. The van der Waals surface area contributed by atoms with Gasteiger partial charge in [0.1, 0.15) is 18.1 Å². The maximum absolute atomic E-state index is 12.5. The Bertz CT molecular complexity index is 660. The Morgan fingerprint density at radius 1 is 0.875 bits per heavy atom. The van der Waals surface area contributed by atoms with E-state index in [1.807, 2.05) is 6.92 Å². The van der Waals surface area contributed by atoms with Gasteiger partial charge in [0.25, 0.3) is 0 Å². The molecule has 0 aliphatic heterocycles. The van der Waals surface area contributed by atoms with Gasteiger partial charge in [-0.25, -0.2) is 4.79 Å². The molecule has 0 fully saturated rings. The van der Waals surface area contributed by atoms with Crippen molar-refractivity contribution in [3.63, 3.8) is 0 Å². The lowest BCUT2D eigenvalue weighted by molar-refractivity contribution is -0.143. The van der Waals surface area contributed by atoms with Crippen LogP contribution in [0.25, 0.3) is 0 Å². The van der Waals surface area contributed by atoms with Crippen LogP contribution in [0.2, 0.25) is 0 Å². The maximum Gasteiger partial charge on any atom is 0.326 e. The topological polar surface area (TPSA) is 234 Å². The molecular formula is C19H35N5O8. The molecule has 0 saturated heterocycles. The molecule has 10 N–H and O–H groups in total. The molecule has 5 atom stereocenters. The van der Waals surface area contributed by atoms with Gasteiger partial charge in [0.15, 0.2) is 0 Å². The van der Waals surface area contributed by atoms with Gasteiger partial charge < -0.3 is 42.7 Å². The average Bonchev–Trinajstić information content (AvgIpc) is 2.74. The normalized spacial score (nSPS) is 15.5. The van der Waals surface area contributed by atoms with Crippen LogP contribution in [0, 0.1) is 5.92 Å². The molecule has 0 aromatic carbocycles. The van der Waals surface area contributed by atoms with Crippen molar-refractivity contribution in [2.24, 2.45) is 17.4 Å². The van der Waals surface area contributed by atoms with Crippen molar-refractivity contribution in [1.29, 1.82) is 0 Å². The van der Waals surface area contributed by atoms with Crippen LogP contribution in [0.4, 0.5) is 0 Å². The zero-order valence-corrected chi connectivity index (χ0v) is 18.4. The summed E-state index contributed by atoms with van der Waals surface area (Å²) >= 11 is 0. The fourth-order valence-electron chi connectivity index (χ4n) is 2.65. The lowest BCUT2D eigenvalue weighted by Crippen LogP contribution is -2.58. The van der Waals surface area contributed by atoms with Crippen LogP contribution in [-0.4, -0.2) is 82.3 Å². The number of hydrogen-bond donors (Lipinski definition) is 8. The van der Waals surface area contributed by atoms with E-state index in [2.05, 4.69) is 16.0 Å². The predicted octanol–water partition coefficient (Wildman–Crippen LogP) is -2.51. The Balaban J connectivity index is 5.23. The van der Waals surface area contributed by atoms with E-state index >= 15 is 0 Å². The molecule has 184 valence electrons. The van der Waals surface area contributed by atoms with Gasteiger partial charge in [-0.05, 0) is 31.7 Å². The molecule has 0 heterocycles. The molecule has 0 aromatic heterocycles. The monoisotopic (exact) mass is 461 g/mol. The minimum absolute atomic E-state index is 0.0928. The third-order valence-corrected chi connectivity index (χ3v) is 4.95. The van der Waals surface area contributed by atoms with E-state index in [1.54, 1.807) is 6.92 Å². The Morgan fingerprint density at radius 2 is 1.41 bits per heavy atom. The van der Waals surface area contributed by atoms with E-state index in [4.69, 9.17) is 16.6 Å². The minimum atomic E-state index is -1.56. The number of aliphatic hydroxyl groups excluding tert-OH is 1. The van der Waals surface area contributed by atoms with E-state index in [0.717, 1.165) is 0 Å². The summed E-state index contributed by atoms with van der Waals surface area (Å²) in [6, 6.07) is -5.36. The zero-order chi connectivity index (χ0) is 24.8. The molecule has 3 amide bonds. The number of carboxylic acids is 2. The number of nitrogens with two attached hydrogens (primary N) is 2. The highest BCUT2D eigenvalue weighted by molar-refractivity contribution is 5.95. The van der Waals surface area contributed by atoms with Gasteiger partial charge in [0, 0.05) is 0 Å². The molecule has 0 spiro atoms. The van der Waals surface area contributed by atoms with Crippen molar-refractivity contribution in [2.45, 2.75) is 70.1 Å². The number of rotatable bonds is 16. The summed E-state index contributed by atoms with van der Waals surface area (Å²) in [4.78, 5) is 59.6. The zero-order valence-electron chi connectivity index (χ0n) is 18.4. The van der Waals surface area contributed by atoms with E-state index in [0.29, 0.717) is 25.8 Å². The van der Waals surface area contributed by atoms with Crippen LogP contribution in [0.3, 0.4) is 0 Å². The second kappa shape index (κ2) is 15.1. The van der Waals surface area contributed by atoms with Crippen LogP contribution in [0.15, 0.2) is 0 Å². The third-order valence-electron chi connectivity index (χ3n) is 4.95. The van der Waals surface area contributed by atoms with E-state index in [9.17, 15) is 34.2 Å². The van der Waals surface area contributed by atoms with Gasteiger partial charge >= 0.3 is 11.9 Å². The van der Waals surface area contributed by atoms with Crippen molar-refractivity contribution < 1.29 is 39.3 Å². The molecule has 0 saturated carbocycles. The molecule has 0 bridgehead atoms. The second-order valence-electron chi connectivity index (χ2n) is 7.50. The summed E-state index contributed by atoms with van der Waals surface area (Å²) < 4.78 is 0. The summed E-state index contributed by atoms with van der Waals surface area (Å²) in [6.45, 7) is 3.00. The molecule has 0 aliphatic carbocycles. The molecule has 13 nitrogen and oxygen atoms in total. The smallest absolute Gasteiger partial charge is 0.326 e. The van der Waals surface area contributed by atoms with Crippen LogP contribution in [0.5, 0.6) is 0 Å². The lowest BCUT2D eigenvalue weighted by Gasteiger charge is -2.24. The Kier molecular flexibility index (Phi) is 13.8. The van der Waals surface area contributed by atoms with Crippen molar-refractivity contribution in [1.82, 2.24) is 16.0 Å². The number of carboxylic acid groups (broad SMARTS) is 2. The molecular weight excluding hydrogens is 426 g/mol. The summed E-state index contributed by atoms with van der Waals surface area (Å²) in [6.07, 6.45) is 0.867. The summed E-state index contributed by atoms with van der Waals surface area (Å²) in [5.74, 6) is -5.67. The molecule has 0 aromatic rings. The van der Waals surface area contributed by atoms with Crippen molar-refractivity contribution in [2.75, 3.05) is 13.2 Å². The lowest BCUT2D eigenvalue weighted by atomic mass is 9.99. The van der Waals surface area contributed by atoms with Crippen molar-refractivity contribution in [3.8, 4) is 0 Å². The standard InChI is InChI=1S/C19H35N5O8/c1-3-10(2)15(21)18(30)23-12(8-14(26)27)16(28)24-13(9-25)17(29)22-11(19(31)32)6-4-5-7-20/h10-13,15,25H,3-9,20-21H2,1-2H3,(H,22,29)(H,23,30)(H,24,28)(H,26,27)(H,31,32). The average molecular weight is 462 g/mol. The fourth-order valence-corrected chi connectivity index (χ4v) is 2.65. The highest BCUT2D eigenvalue weighted by Crippen LogP contribution is 2.07. The Hall–Kier alpha value is -2.77. The third kappa shape index (κ3) is 10.5. The summed E-state index contributed by atoms with van der Waals surface area (Å²) in [5, 5.41) is 34.4. The Labute approximate surface area is 186 Å². The first-order chi connectivity index (χ1) is 15.0. The number of unbranched alkanes of at least 4 members (excludes halogenated alkanes) is 1. The minimum Gasteiger partial charge on any atom is -0.481 e. The number of hydrogen-bond acceptors (Lipinski definition) is 8. The van der Waals surface area contributed by atoms with Crippen molar-refractivity contribution in [3.05, 3.63) is 0 Å². The van der Waals surface area contributed by atoms with Crippen LogP contribution < -0.4 is 27.4 Å². The number of aliphatic hydroxyl groups is 1. The first-order valence-corrected chi connectivity index (χ1v) is 10.4. The van der Waals surface area contributed by atoms with Gasteiger partial charge in [-0.2, -0.15) is 0 Å². The molecule has 13 heteroatoms. The molecule has 32 heavy (non-hydrogen) atoms. The highest BCUT2D eigenvalue weighted by Gasteiger charge is 2.31. The number of carbonyl (C=O) groups excluding carboxylic acids is 3. The van der Waals surface area contributed by atoms with Gasteiger partial charge in [-0.3, -0.25) is 19.2 Å². The number of carbonyl (C=O) groups is 5. The van der Waals surface area contributed by atoms with Gasteiger partial charge in [-0.1, -0.05) is 20.3 Å². The largest absolute Gasteiger partial charge is 0.481 e. The summed E-state index contributed by atoms with van der Waals surface area (Å²) in [7, 11) is 0. The first kappa shape index (κ1) is 29.2. The van der Waals surface area contributed by atoms with Crippen LogP contribution in [-0.2, 0) is 24.0 Å². The Morgan fingerprint density at radius 3 is 1.88 bits per heavy atom. The number of nitrogens with one attached hydrogen (secondary N) is 3. The molecule has 0 aliphatic rings. The van der Waals surface area contributed by atoms with Crippen LogP contribution >= 0.6 is 0 Å². The highest BCUT2D eigenvalue weighted by atomic mass is 16.4.